The lowest BCUT2D eigenvalue weighted by atomic mass is 10.0. The van der Waals surface area contributed by atoms with E-state index in [1.54, 1.807) is 0 Å². The Morgan fingerprint density at radius 1 is 1.29 bits per heavy atom. The van der Waals surface area contributed by atoms with Crippen LogP contribution < -0.4 is 5.32 Å². The van der Waals surface area contributed by atoms with Gasteiger partial charge in [-0.1, -0.05) is 18.2 Å². The molecule has 1 aliphatic carbocycles. The molecule has 1 fully saturated rings. The van der Waals surface area contributed by atoms with E-state index in [2.05, 4.69) is 27.0 Å². The van der Waals surface area contributed by atoms with Crippen LogP contribution in [0.2, 0.25) is 0 Å². The predicted octanol–water partition coefficient (Wildman–Crippen LogP) is 2.43. The van der Waals surface area contributed by atoms with Crippen LogP contribution in [-0.4, -0.2) is 27.8 Å². The summed E-state index contributed by atoms with van der Waals surface area (Å²) in [5.74, 6) is 1.01. The van der Waals surface area contributed by atoms with Crippen LogP contribution in [0.5, 0.6) is 0 Å². The maximum absolute atomic E-state index is 9.11. The largest absolute Gasteiger partial charge is 0.396 e. The van der Waals surface area contributed by atoms with Gasteiger partial charge in [-0.15, -0.1) is 0 Å². The number of nitrogens with one attached hydrogen (secondary N) is 1. The summed E-state index contributed by atoms with van der Waals surface area (Å²) in [7, 11) is 0. The molecule has 21 heavy (non-hydrogen) atoms. The third kappa shape index (κ3) is 3.17. The van der Waals surface area contributed by atoms with E-state index in [0.717, 1.165) is 31.0 Å². The molecule has 0 radical (unpaired) electrons. The van der Waals surface area contributed by atoms with Crippen LogP contribution >= 0.6 is 0 Å². The standard InChI is InChI=1S/C17H23N3O/c1-14-19-12-16(20(14)15-5-3-2-4-6-15)11-18-13-17(7-8-17)9-10-21/h2-6,12,18,21H,7-11,13H2,1H3. The Balaban J connectivity index is 1.67. The Morgan fingerprint density at radius 2 is 2.05 bits per heavy atom. The smallest absolute Gasteiger partial charge is 0.110 e. The van der Waals surface area contributed by atoms with Gasteiger partial charge in [0.05, 0.1) is 11.9 Å². The fourth-order valence-electron chi connectivity index (χ4n) is 2.93. The molecule has 112 valence electrons. The molecule has 4 nitrogen and oxygen atoms in total. The van der Waals surface area contributed by atoms with Gasteiger partial charge in [0, 0.05) is 25.4 Å². The van der Waals surface area contributed by atoms with Gasteiger partial charge in [-0.2, -0.15) is 0 Å². The first-order chi connectivity index (χ1) is 10.2. The number of hydrogen-bond donors (Lipinski definition) is 2. The van der Waals surface area contributed by atoms with Crippen molar-refractivity contribution in [2.24, 2.45) is 5.41 Å². The zero-order chi connectivity index (χ0) is 14.7. The van der Waals surface area contributed by atoms with Crippen molar-refractivity contribution in [1.82, 2.24) is 14.9 Å². The van der Waals surface area contributed by atoms with Crippen LogP contribution in [0.3, 0.4) is 0 Å². The zero-order valence-electron chi connectivity index (χ0n) is 12.5. The normalized spacial score (nSPS) is 16.1. The second-order valence-electron chi connectivity index (χ2n) is 6.04. The van der Waals surface area contributed by atoms with Crippen molar-refractivity contribution in [3.63, 3.8) is 0 Å². The minimum atomic E-state index is 0.294. The number of imidazole rings is 1. The fourth-order valence-corrected chi connectivity index (χ4v) is 2.93. The minimum absolute atomic E-state index is 0.294. The van der Waals surface area contributed by atoms with Gasteiger partial charge in [0.25, 0.3) is 0 Å². The Labute approximate surface area is 125 Å². The van der Waals surface area contributed by atoms with Crippen LogP contribution in [0.25, 0.3) is 5.69 Å². The van der Waals surface area contributed by atoms with Crippen molar-refractivity contribution < 1.29 is 5.11 Å². The number of para-hydroxylation sites is 1. The average Bonchev–Trinajstić information content (AvgIpc) is 3.16. The molecule has 0 saturated heterocycles. The predicted molar refractivity (Wildman–Crippen MR) is 83.4 cm³/mol. The van der Waals surface area contributed by atoms with Gasteiger partial charge in [-0.05, 0) is 43.7 Å². The van der Waals surface area contributed by atoms with E-state index in [1.807, 2.05) is 31.3 Å². The summed E-state index contributed by atoms with van der Waals surface area (Å²) in [6, 6.07) is 10.3. The van der Waals surface area contributed by atoms with Gasteiger partial charge in [-0.25, -0.2) is 4.98 Å². The fraction of sp³-hybridized carbons (Fsp3) is 0.471. The molecule has 2 aromatic rings. The molecule has 0 spiro atoms. The van der Waals surface area contributed by atoms with E-state index in [9.17, 15) is 0 Å². The molecule has 0 unspecified atom stereocenters. The van der Waals surface area contributed by atoms with Crippen LogP contribution in [0, 0.1) is 12.3 Å². The Bertz CT molecular complexity index is 587. The van der Waals surface area contributed by atoms with Gasteiger partial charge in [-0.3, -0.25) is 4.57 Å². The van der Waals surface area contributed by atoms with E-state index >= 15 is 0 Å². The lowest BCUT2D eigenvalue weighted by Crippen LogP contribution is -2.25. The molecule has 1 aliphatic rings. The zero-order valence-corrected chi connectivity index (χ0v) is 12.5. The summed E-state index contributed by atoms with van der Waals surface area (Å²) in [4.78, 5) is 4.44. The maximum Gasteiger partial charge on any atom is 0.110 e. The van der Waals surface area contributed by atoms with Gasteiger partial charge < -0.3 is 10.4 Å². The Hall–Kier alpha value is -1.65. The molecule has 1 saturated carbocycles. The lowest BCUT2D eigenvalue weighted by molar-refractivity contribution is 0.245. The van der Waals surface area contributed by atoms with Crippen molar-refractivity contribution in [1.29, 1.82) is 0 Å². The van der Waals surface area contributed by atoms with Gasteiger partial charge in [0.1, 0.15) is 5.82 Å². The molecular formula is C17H23N3O. The van der Waals surface area contributed by atoms with Crippen LogP contribution in [0.4, 0.5) is 0 Å². The summed E-state index contributed by atoms with van der Waals surface area (Å²) in [6.45, 7) is 4.11. The Kier molecular flexibility index (Phi) is 4.08. The van der Waals surface area contributed by atoms with Gasteiger partial charge >= 0.3 is 0 Å². The molecule has 1 aromatic carbocycles. The van der Waals surface area contributed by atoms with Crippen LogP contribution in [0.1, 0.15) is 30.8 Å². The topological polar surface area (TPSA) is 50.1 Å². The van der Waals surface area contributed by atoms with Crippen LogP contribution in [-0.2, 0) is 6.54 Å². The van der Waals surface area contributed by atoms with Gasteiger partial charge in [0.2, 0.25) is 0 Å². The molecule has 0 atom stereocenters. The second kappa shape index (κ2) is 6.00. The molecule has 0 amide bonds. The van der Waals surface area contributed by atoms with Gasteiger partial charge in [0.15, 0.2) is 0 Å². The minimum Gasteiger partial charge on any atom is -0.396 e. The molecule has 1 heterocycles. The number of aryl methyl sites for hydroxylation is 1. The summed E-state index contributed by atoms with van der Waals surface area (Å²) < 4.78 is 2.19. The molecular weight excluding hydrogens is 262 g/mol. The third-order valence-electron chi connectivity index (χ3n) is 4.43. The monoisotopic (exact) mass is 285 g/mol. The highest BCUT2D eigenvalue weighted by atomic mass is 16.3. The highest BCUT2D eigenvalue weighted by Crippen LogP contribution is 2.47. The molecule has 3 rings (SSSR count). The van der Waals surface area contributed by atoms with E-state index < -0.39 is 0 Å². The molecule has 0 aliphatic heterocycles. The van der Waals surface area contributed by atoms with E-state index in [1.165, 1.54) is 18.5 Å². The number of aromatic nitrogens is 2. The number of nitrogens with zero attached hydrogens (tertiary/aromatic N) is 2. The van der Waals surface area contributed by atoms with E-state index in [0.29, 0.717) is 12.0 Å². The molecule has 4 heteroatoms. The Morgan fingerprint density at radius 3 is 2.71 bits per heavy atom. The number of hydrogen-bond acceptors (Lipinski definition) is 3. The van der Waals surface area contributed by atoms with E-state index in [-0.39, 0.29) is 0 Å². The molecule has 2 N–H and O–H groups in total. The van der Waals surface area contributed by atoms with Crippen molar-refractivity contribution in [2.45, 2.75) is 32.7 Å². The SMILES string of the molecule is Cc1ncc(CNCC2(CCO)CC2)n1-c1ccccc1. The quantitative estimate of drug-likeness (QED) is 0.821. The average molecular weight is 285 g/mol. The highest BCUT2D eigenvalue weighted by Gasteiger charge is 2.41. The molecule has 0 bridgehead atoms. The number of aliphatic hydroxyl groups is 1. The number of benzene rings is 1. The maximum atomic E-state index is 9.11. The molecule has 1 aromatic heterocycles. The van der Waals surface area contributed by atoms with E-state index in [4.69, 9.17) is 5.11 Å². The summed E-state index contributed by atoms with van der Waals surface area (Å²) in [5, 5.41) is 12.7. The van der Waals surface area contributed by atoms with Crippen molar-refractivity contribution in [2.75, 3.05) is 13.2 Å². The van der Waals surface area contributed by atoms with Crippen molar-refractivity contribution in [3.8, 4) is 5.69 Å². The number of rotatable bonds is 7. The first-order valence-corrected chi connectivity index (χ1v) is 7.64. The van der Waals surface area contributed by atoms with Crippen LogP contribution in [0.15, 0.2) is 36.5 Å². The first kappa shape index (κ1) is 14.3. The summed E-state index contributed by atoms with van der Waals surface area (Å²) >= 11 is 0. The first-order valence-electron chi connectivity index (χ1n) is 7.64. The number of aliphatic hydroxyl groups excluding tert-OH is 1. The highest BCUT2D eigenvalue weighted by molar-refractivity contribution is 5.35. The second-order valence-corrected chi connectivity index (χ2v) is 6.04. The third-order valence-corrected chi connectivity index (χ3v) is 4.43. The van der Waals surface area contributed by atoms with Crippen molar-refractivity contribution >= 4 is 0 Å². The summed E-state index contributed by atoms with van der Waals surface area (Å²) in [6.07, 6.45) is 5.33. The van der Waals surface area contributed by atoms with Crippen molar-refractivity contribution in [3.05, 3.63) is 48.0 Å². The summed E-state index contributed by atoms with van der Waals surface area (Å²) in [5.41, 5.74) is 2.68. The lowest BCUT2D eigenvalue weighted by Gasteiger charge is -2.15.